The van der Waals surface area contributed by atoms with Crippen molar-refractivity contribution in [3.05, 3.63) is 131 Å². The van der Waals surface area contributed by atoms with E-state index in [4.69, 9.17) is 0 Å². The maximum absolute atomic E-state index is 14.5. The molecule has 0 saturated heterocycles. The minimum Gasteiger partial charge on any atom is -0.352 e. The fourth-order valence-electron chi connectivity index (χ4n) is 5.02. The first kappa shape index (κ1) is 32.5. The number of para-hydroxylation sites is 1. The molecule has 2 amide bonds. The van der Waals surface area contributed by atoms with Gasteiger partial charge in [-0.2, -0.15) is 0 Å². The van der Waals surface area contributed by atoms with Crippen molar-refractivity contribution >= 4 is 27.5 Å². The van der Waals surface area contributed by atoms with E-state index in [1.807, 2.05) is 101 Å². The Morgan fingerprint density at radius 1 is 0.727 bits per heavy atom. The number of nitrogens with one attached hydrogen (secondary N) is 1. The number of hydrogen-bond acceptors (Lipinski definition) is 4. The van der Waals surface area contributed by atoms with Gasteiger partial charge in [0.1, 0.15) is 12.6 Å². The van der Waals surface area contributed by atoms with E-state index in [9.17, 15) is 18.0 Å². The van der Waals surface area contributed by atoms with Crippen molar-refractivity contribution in [2.75, 3.05) is 10.8 Å². The number of aryl methyl sites for hydroxylation is 3. The van der Waals surface area contributed by atoms with Crippen LogP contribution in [0.4, 0.5) is 5.69 Å². The number of anilines is 1. The minimum atomic E-state index is -4.14. The quantitative estimate of drug-likeness (QED) is 0.214. The normalized spacial score (nSPS) is 12.0. The van der Waals surface area contributed by atoms with Gasteiger partial charge >= 0.3 is 0 Å². The first-order chi connectivity index (χ1) is 21.0. The van der Waals surface area contributed by atoms with Crippen LogP contribution in [0.2, 0.25) is 0 Å². The summed E-state index contributed by atoms with van der Waals surface area (Å²) in [4.78, 5) is 29.9. The number of amides is 2. The van der Waals surface area contributed by atoms with Crippen molar-refractivity contribution in [2.24, 2.45) is 0 Å². The molecule has 0 radical (unpaired) electrons. The van der Waals surface area contributed by atoms with Gasteiger partial charge in [-0.15, -0.1) is 0 Å². The maximum atomic E-state index is 14.5. The summed E-state index contributed by atoms with van der Waals surface area (Å²) in [6, 6.07) is 30.0. The third kappa shape index (κ3) is 8.14. The summed E-state index contributed by atoms with van der Waals surface area (Å²) in [6.07, 6.45) is 0.270. The van der Waals surface area contributed by atoms with Gasteiger partial charge in [-0.25, -0.2) is 8.42 Å². The smallest absolute Gasteiger partial charge is 0.264 e. The summed E-state index contributed by atoms with van der Waals surface area (Å²) in [5.41, 5.74) is 4.83. The second-order valence-electron chi connectivity index (χ2n) is 11.5. The van der Waals surface area contributed by atoms with Crippen LogP contribution in [0.1, 0.15) is 41.7 Å². The van der Waals surface area contributed by atoms with E-state index in [0.29, 0.717) is 11.3 Å². The Morgan fingerprint density at radius 3 is 1.89 bits per heavy atom. The van der Waals surface area contributed by atoms with E-state index in [1.54, 1.807) is 36.4 Å². The van der Waals surface area contributed by atoms with Gasteiger partial charge in [0, 0.05) is 19.0 Å². The first-order valence-electron chi connectivity index (χ1n) is 14.8. The van der Waals surface area contributed by atoms with Gasteiger partial charge in [0.05, 0.1) is 10.6 Å². The number of nitrogens with zero attached hydrogens (tertiary/aromatic N) is 2. The van der Waals surface area contributed by atoms with E-state index in [0.717, 1.165) is 26.6 Å². The number of benzene rings is 4. The van der Waals surface area contributed by atoms with E-state index >= 15 is 0 Å². The van der Waals surface area contributed by atoms with Crippen LogP contribution < -0.4 is 9.62 Å². The summed E-state index contributed by atoms with van der Waals surface area (Å²) >= 11 is 0. The lowest BCUT2D eigenvalue weighted by atomic mass is 10.0. The maximum Gasteiger partial charge on any atom is 0.264 e. The molecule has 0 heterocycles. The first-order valence-corrected chi connectivity index (χ1v) is 16.2. The van der Waals surface area contributed by atoms with Gasteiger partial charge in [0.15, 0.2) is 0 Å². The summed E-state index contributed by atoms with van der Waals surface area (Å²) in [6.45, 7) is 9.08. The molecule has 1 atom stereocenters. The van der Waals surface area contributed by atoms with Gasteiger partial charge in [-0.3, -0.25) is 13.9 Å². The van der Waals surface area contributed by atoms with Crippen molar-refractivity contribution in [3.8, 4) is 0 Å². The zero-order valence-corrected chi connectivity index (χ0v) is 26.8. The molecule has 0 spiro atoms. The molecule has 0 fully saturated rings. The topological polar surface area (TPSA) is 86.8 Å². The Hall–Kier alpha value is -4.43. The number of rotatable bonds is 12. The number of carbonyl (C=O) groups is 2. The Morgan fingerprint density at radius 2 is 1.30 bits per heavy atom. The average molecular weight is 612 g/mol. The highest BCUT2D eigenvalue weighted by atomic mass is 32.2. The molecule has 0 aromatic heterocycles. The molecule has 0 saturated carbocycles. The summed E-state index contributed by atoms with van der Waals surface area (Å²) < 4.78 is 29.5. The van der Waals surface area contributed by atoms with Crippen molar-refractivity contribution in [3.63, 3.8) is 0 Å². The van der Waals surface area contributed by atoms with E-state index in [2.05, 4.69) is 5.32 Å². The number of hydrogen-bond donors (Lipinski definition) is 1. The van der Waals surface area contributed by atoms with Crippen LogP contribution in [0, 0.1) is 20.8 Å². The molecule has 0 aliphatic carbocycles. The third-order valence-electron chi connectivity index (χ3n) is 7.45. The van der Waals surface area contributed by atoms with Gasteiger partial charge in [-0.05, 0) is 69.5 Å². The monoisotopic (exact) mass is 611 g/mol. The molecule has 4 aromatic rings. The Labute approximate surface area is 261 Å². The van der Waals surface area contributed by atoms with Crippen LogP contribution in [0.25, 0.3) is 0 Å². The highest BCUT2D eigenvalue weighted by Crippen LogP contribution is 2.28. The SMILES string of the molecule is Cc1ccc(CN(C(=O)CN(c2ccccc2C)S(=O)(=O)c2ccc(C)cc2)[C@@H](Cc2ccccc2)C(=O)NC(C)C)cc1. The summed E-state index contributed by atoms with van der Waals surface area (Å²) in [5, 5.41) is 2.98. The minimum absolute atomic E-state index is 0.0858. The average Bonchev–Trinajstić information content (AvgIpc) is 2.99. The zero-order valence-electron chi connectivity index (χ0n) is 26.0. The predicted octanol–water partition coefficient (Wildman–Crippen LogP) is 5.97. The van der Waals surface area contributed by atoms with Crippen LogP contribution in [-0.4, -0.2) is 43.8 Å². The van der Waals surface area contributed by atoms with Crippen LogP contribution in [0.5, 0.6) is 0 Å². The van der Waals surface area contributed by atoms with Gasteiger partial charge in [-0.1, -0.05) is 96.1 Å². The summed E-state index contributed by atoms with van der Waals surface area (Å²) in [7, 11) is -4.14. The van der Waals surface area contributed by atoms with Crippen LogP contribution in [0.3, 0.4) is 0 Å². The van der Waals surface area contributed by atoms with Crippen molar-refractivity contribution < 1.29 is 18.0 Å². The molecule has 230 valence electrons. The molecule has 1 N–H and O–H groups in total. The molecule has 0 bridgehead atoms. The van der Waals surface area contributed by atoms with E-state index in [-0.39, 0.29) is 29.8 Å². The molecule has 0 unspecified atom stereocenters. The Bertz CT molecular complexity index is 1670. The molecule has 4 aromatic carbocycles. The molecule has 0 aliphatic rings. The van der Waals surface area contributed by atoms with Crippen molar-refractivity contribution in [1.82, 2.24) is 10.2 Å². The molecule has 4 rings (SSSR count). The molecular formula is C36H41N3O4S. The third-order valence-corrected chi connectivity index (χ3v) is 9.22. The van der Waals surface area contributed by atoms with Gasteiger partial charge in [0.25, 0.3) is 10.0 Å². The van der Waals surface area contributed by atoms with Gasteiger partial charge < -0.3 is 10.2 Å². The molecule has 7 nitrogen and oxygen atoms in total. The number of sulfonamides is 1. The van der Waals surface area contributed by atoms with Crippen LogP contribution in [-0.2, 0) is 32.6 Å². The van der Waals surface area contributed by atoms with E-state index in [1.165, 1.54) is 4.90 Å². The van der Waals surface area contributed by atoms with Crippen molar-refractivity contribution in [1.29, 1.82) is 0 Å². The Kier molecular flexibility index (Phi) is 10.6. The fourth-order valence-corrected chi connectivity index (χ4v) is 6.50. The lowest BCUT2D eigenvalue weighted by Crippen LogP contribution is -2.54. The zero-order chi connectivity index (χ0) is 31.9. The second-order valence-corrected chi connectivity index (χ2v) is 13.3. The highest BCUT2D eigenvalue weighted by molar-refractivity contribution is 7.92. The lowest BCUT2D eigenvalue weighted by molar-refractivity contribution is -0.140. The second kappa shape index (κ2) is 14.4. The van der Waals surface area contributed by atoms with E-state index < -0.39 is 28.5 Å². The molecule has 0 aliphatic heterocycles. The van der Waals surface area contributed by atoms with Crippen LogP contribution >= 0.6 is 0 Å². The van der Waals surface area contributed by atoms with Crippen molar-refractivity contribution in [2.45, 2.75) is 64.6 Å². The largest absolute Gasteiger partial charge is 0.352 e. The molecule has 44 heavy (non-hydrogen) atoms. The lowest BCUT2D eigenvalue weighted by Gasteiger charge is -2.34. The van der Waals surface area contributed by atoms with Crippen LogP contribution in [0.15, 0.2) is 108 Å². The predicted molar refractivity (Wildman–Crippen MR) is 176 cm³/mol. The van der Waals surface area contributed by atoms with Gasteiger partial charge in [0.2, 0.25) is 11.8 Å². The standard InChI is InChI=1S/C36H41N3O4S/c1-26(2)37-36(41)34(23-30-12-7-6-8-13-30)38(24-31-19-15-27(3)16-20-31)35(40)25-39(33-14-10-9-11-29(33)5)44(42,43)32-21-17-28(4)18-22-32/h6-22,26,34H,23-25H2,1-5H3,(H,37,41)/t34-/m0/s1. The Balaban J connectivity index is 1.81. The molecule has 8 heteroatoms. The number of carbonyl (C=O) groups excluding carboxylic acids is 2. The highest BCUT2D eigenvalue weighted by Gasteiger charge is 2.35. The summed E-state index contributed by atoms with van der Waals surface area (Å²) in [5.74, 6) is -0.780. The fraction of sp³-hybridized carbons (Fsp3) is 0.278. The molecular weight excluding hydrogens is 570 g/mol.